The number of para-hydroxylation sites is 1. The lowest BCUT2D eigenvalue weighted by Gasteiger charge is -2.29. The number of hydrogen-bond acceptors (Lipinski definition) is 3. The lowest BCUT2D eigenvalue weighted by molar-refractivity contribution is 0.806. The molecule has 1 aliphatic carbocycles. The number of allylic oxidation sites excluding steroid dienone is 2. The van der Waals surface area contributed by atoms with Crippen molar-refractivity contribution >= 4 is 108 Å². The predicted octanol–water partition coefficient (Wildman–Crippen LogP) is 14.2. The zero-order valence-corrected chi connectivity index (χ0v) is 32.1. The van der Waals surface area contributed by atoms with E-state index in [4.69, 9.17) is 4.99 Å². The summed E-state index contributed by atoms with van der Waals surface area (Å²) >= 11 is 1.87. The highest BCUT2D eigenvalue weighted by atomic mass is 32.1. The summed E-state index contributed by atoms with van der Waals surface area (Å²) in [6.45, 7) is 0. The first-order valence-electron chi connectivity index (χ1n) is 19.9. The van der Waals surface area contributed by atoms with E-state index in [0.717, 1.165) is 28.3 Å². The third kappa shape index (κ3) is 4.52. The summed E-state index contributed by atoms with van der Waals surface area (Å²) in [5.41, 5.74) is 8.05. The maximum atomic E-state index is 5.59. The Balaban J connectivity index is 1.13. The Morgan fingerprint density at radius 3 is 2.10 bits per heavy atom. The summed E-state index contributed by atoms with van der Waals surface area (Å²) in [5, 5.41) is 18.9. The van der Waals surface area contributed by atoms with Crippen LogP contribution in [0.2, 0.25) is 0 Å². The fourth-order valence-electron chi connectivity index (χ4n) is 9.80. The van der Waals surface area contributed by atoms with Crippen LogP contribution in [0.5, 0.6) is 0 Å². The Hall–Kier alpha value is -7.27. The summed E-state index contributed by atoms with van der Waals surface area (Å²) in [6.07, 6.45) is 8.71. The second kappa shape index (κ2) is 12.1. The number of benzene rings is 9. The van der Waals surface area contributed by atoms with Crippen molar-refractivity contribution in [3.8, 4) is 11.1 Å². The molecule has 0 saturated carbocycles. The molecule has 3 nitrogen and oxygen atoms in total. The van der Waals surface area contributed by atoms with Gasteiger partial charge in [-0.05, 0) is 79.8 Å². The Kier molecular flexibility index (Phi) is 6.66. The molecule has 58 heavy (non-hydrogen) atoms. The molecule has 0 amide bonds. The van der Waals surface area contributed by atoms with E-state index in [1.165, 1.54) is 90.7 Å². The van der Waals surface area contributed by atoms with Crippen LogP contribution in [0.1, 0.15) is 5.56 Å². The molecule has 4 heteroatoms. The normalized spacial score (nSPS) is 15.4. The predicted molar refractivity (Wildman–Crippen MR) is 249 cm³/mol. The number of rotatable bonds is 2. The molecule has 0 radical (unpaired) electrons. The van der Waals surface area contributed by atoms with E-state index >= 15 is 0 Å². The molecule has 1 unspecified atom stereocenters. The highest BCUT2D eigenvalue weighted by Gasteiger charge is 2.28. The zero-order valence-electron chi connectivity index (χ0n) is 31.3. The molecule has 9 aromatic carbocycles. The fourth-order valence-corrected chi connectivity index (χ4v) is 10.9. The van der Waals surface area contributed by atoms with E-state index in [2.05, 4.69) is 198 Å². The van der Waals surface area contributed by atoms with Crippen molar-refractivity contribution in [1.82, 2.24) is 9.88 Å². The van der Waals surface area contributed by atoms with Crippen LogP contribution in [0.3, 0.4) is 0 Å². The van der Waals surface area contributed by atoms with Crippen LogP contribution in [0.4, 0.5) is 0 Å². The molecule has 11 aromatic rings. The zero-order chi connectivity index (χ0) is 37.9. The van der Waals surface area contributed by atoms with Gasteiger partial charge in [0.2, 0.25) is 5.96 Å². The van der Waals surface area contributed by atoms with Gasteiger partial charge in [0.15, 0.2) is 0 Å². The minimum Gasteiger partial charge on any atom is -0.345 e. The molecule has 0 spiro atoms. The van der Waals surface area contributed by atoms with Crippen LogP contribution in [0.25, 0.3) is 102 Å². The number of aromatic nitrogens is 1. The summed E-state index contributed by atoms with van der Waals surface area (Å²) < 4.78 is 5.04. The van der Waals surface area contributed by atoms with E-state index in [0.29, 0.717) is 0 Å². The Morgan fingerprint density at radius 1 is 0.500 bits per heavy atom. The van der Waals surface area contributed by atoms with Gasteiger partial charge in [0.25, 0.3) is 0 Å². The summed E-state index contributed by atoms with van der Waals surface area (Å²) in [7, 11) is 0. The molecule has 1 atom stereocenters. The smallest absolute Gasteiger partial charge is 0.209 e. The average Bonchev–Trinajstić information content (AvgIpc) is 3.84. The second-order valence-corrected chi connectivity index (χ2v) is 16.6. The Labute approximate surface area is 337 Å². The van der Waals surface area contributed by atoms with Gasteiger partial charge in [0.05, 0.1) is 22.8 Å². The highest BCUT2D eigenvalue weighted by Crippen LogP contribution is 2.47. The fraction of sp³-hybridized carbons (Fsp3) is 0.0185. The summed E-state index contributed by atoms with van der Waals surface area (Å²) in [4.78, 5) is 5.59. The Morgan fingerprint density at radius 2 is 1.21 bits per heavy atom. The molecular weight excluding hydrogens is 723 g/mol. The quantitative estimate of drug-likeness (QED) is 0.175. The van der Waals surface area contributed by atoms with Crippen molar-refractivity contribution < 1.29 is 0 Å². The first-order chi connectivity index (χ1) is 28.8. The van der Waals surface area contributed by atoms with Gasteiger partial charge in [0, 0.05) is 52.9 Å². The first kappa shape index (κ1) is 31.9. The lowest BCUT2D eigenvalue weighted by atomic mass is 9.88. The van der Waals surface area contributed by atoms with E-state index in [1.54, 1.807) is 0 Å². The average molecular weight is 756 g/mol. The maximum absolute atomic E-state index is 5.59. The molecule has 1 aliphatic heterocycles. The van der Waals surface area contributed by atoms with Gasteiger partial charge in [-0.25, -0.2) is 4.99 Å². The van der Waals surface area contributed by atoms with Gasteiger partial charge in [-0.1, -0.05) is 152 Å². The van der Waals surface area contributed by atoms with Crippen LogP contribution in [0, 0.1) is 0 Å². The first-order valence-corrected chi connectivity index (χ1v) is 20.7. The number of thiophene rings is 1. The van der Waals surface area contributed by atoms with E-state index < -0.39 is 0 Å². The van der Waals surface area contributed by atoms with Gasteiger partial charge < -0.3 is 5.32 Å². The van der Waals surface area contributed by atoms with E-state index in [-0.39, 0.29) is 6.04 Å². The summed E-state index contributed by atoms with van der Waals surface area (Å²) in [6, 6.07) is 60.4. The molecule has 0 saturated heterocycles. The topological polar surface area (TPSA) is 29.3 Å². The van der Waals surface area contributed by atoms with Gasteiger partial charge >= 0.3 is 0 Å². The third-order valence-corrected chi connectivity index (χ3v) is 13.5. The van der Waals surface area contributed by atoms with Gasteiger partial charge in [-0.2, -0.15) is 0 Å². The van der Waals surface area contributed by atoms with Crippen molar-refractivity contribution in [3.05, 3.63) is 199 Å². The van der Waals surface area contributed by atoms with Crippen LogP contribution >= 0.6 is 11.3 Å². The standard InChI is InChI=1S/C54H33N3S/c1-2-14-33-29-35(26-25-32(33)13-1)52-41-20-7-10-22-46(41)55-54(56-52)57-47-23-11-8-21-42(47)51-50-39-18-5-3-15-36(39)43(31-45(50)37-16-4-6-19-40(37)53(51)57)34-27-28-49-44(30-34)38-17-9-12-24-48(38)58-49/h1-31,46H,(H,55,56). The minimum absolute atomic E-state index is 0.0250. The minimum atomic E-state index is -0.0250. The lowest BCUT2D eigenvalue weighted by Crippen LogP contribution is -2.42. The molecule has 1 N–H and O–H groups in total. The highest BCUT2D eigenvalue weighted by molar-refractivity contribution is 7.25. The molecule has 0 bridgehead atoms. The number of fused-ring (bicyclic) bond motifs is 15. The molecule has 2 aromatic heterocycles. The van der Waals surface area contributed by atoms with Crippen molar-refractivity contribution in [2.45, 2.75) is 6.04 Å². The maximum Gasteiger partial charge on any atom is 0.209 e. The number of hydrogen-bond donors (Lipinski definition) is 1. The van der Waals surface area contributed by atoms with Crippen molar-refractivity contribution in [2.24, 2.45) is 4.99 Å². The number of nitrogens with one attached hydrogen (secondary N) is 1. The molecule has 2 aliphatic rings. The van der Waals surface area contributed by atoms with E-state index in [9.17, 15) is 0 Å². The van der Waals surface area contributed by atoms with Crippen LogP contribution in [-0.2, 0) is 0 Å². The Bertz CT molecular complexity index is 3720. The van der Waals surface area contributed by atoms with Gasteiger partial charge in [-0.15, -0.1) is 11.3 Å². The SMILES string of the molecule is C1=CC2=C(c3ccc4ccccc4c3)N=C(n3c4ccccc4c4c5c6ccccc6c(-c6ccc7sc8ccccc8c7c6)cc5c5ccccc5c43)NC2C=C1. The summed E-state index contributed by atoms with van der Waals surface area (Å²) in [5.74, 6) is 0.824. The van der Waals surface area contributed by atoms with Crippen molar-refractivity contribution in [1.29, 1.82) is 0 Å². The van der Waals surface area contributed by atoms with Gasteiger partial charge in [0.1, 0.15) is 0 Å². The van der Waals surface area contributed by atoms with Crippen LogP contribution < -0.4 is 5.32 Å². The molecule has 0 fully saturated rings. The van der Waals surface area contributed by atoms with E-state index in [1.807, 2.05) is 11.3 Å². The monoisotopic (exact) mass is 755 g/mol. The third-order valence-electron chi connectivity index (χ3n) is 12.4. The molecule has 13 rings (SSSR count). The second-order valence-electron chi connectivity index (χ2n) is 15.5. The molecule has 3 heterocycles. The number of aliphatic imine (C=N–C) groups is 1. The molecular formula is C54H33N3S. The van der Waals surface area contributed by atoms with Crippen LogP contribution in [0.15, 0.2) is 199 Å². The van der Waals surface area contributed by atoms with Crippen LogP contribution in [-0.4, -0.2) is 16.6 Å². The van der Waals surface area contributed by atoms with Gasteiger partial charge in [-0.3, -0.25) is 4.57 Å². The molecule has 270 valence electrons. The van der Waals surface area contributed by atoms with Crippen molar-refractivity contribution in [3.63, 3.8) is 0 Å². The largest absolute Gasteiger partial charge is 0.345 e. The van der Waals surface area contributed by atoms with Crippen molar-refractivity contribution in [2.75, 3.05) is 0 Å². The number of nitrogens with zero attached hydrogens (tertiary/aromatic N) is 2.